The van der Waals surface area contributed by atoms with Gasteiger partial charge in [-0.05, 0) is 80.2 Å². The van der Waals surface area contributed by atoms with Gasteiger partial charge in [0.05, 0.1) is 0 Å². The van der Waals surface area contributed by atoms with Crippen molar-refractivity contribution in [3.8, 4) is 56.4 Å². The second-order valence-corrected chi connectivity index (χ2v) is 12.9. The lowest BCUT2D eigenvalue weighted by molar-refractivity contribution is 0.669. The molecule has 4 nitrogen and oxygen atoms in total. The van der Waals surface area contributed by atoms with Crippen LogP contribution >= 0.6 is 0 Å². The molecule has 0 fully saturated rings. The molecule has 0 saturated carbocycles. The topological polar surface area (TPSA) is 51.8 Å². The summed E-state index contributed by atoms with van der Waals surface area (Å²) in [5, 5.41) is 6.73. The van der Waals surface area contributed by atoms with Crippen LogP contribution in [0.25, 0.3) is 99.9 Å². The number of nitrogens with zero attached hydrogens (tertiary/aromatic N) is 3. The van der Waals surface area contributed by atoms with E-state index in [1.807, 2.05) is 48.5 Å². The van der Waals surface area contributed by atoms with Gasteiger partial charge in [-0.3, -0.25) is 0 Å². The number of furan rings is 1. The maximum Gasteiger partial charge on any atom is 0.164 e. The SMILES string of the molecule is c1ccc(-c2ccc3ccc(-c4nc(-c5ccccc5)nc(-c5cccc6oc7cc(-c8ccc9ccccc9c8)ccc7c56)n4)cc3c2)cc1. The van der Waals surface area contributed by atoms with Gasteiger partial charge < -0.3 is 4.42 Å². The molecule has 0 aliphatic carbocycles. The van der Waals surface area contributed by atoms with Crippen LogP contribution < -0.4 is 0 Å². The first-order chi connectivity index (χ1) is 25.2. The predicted molar refractivity (Wildman–Crippen MR) is 209 cm³/mol. The monoisotopic (exact) mass is 651 g/mol. The summed E-state index contributed by atoms with van der Waals surface area (Å²) in [6.07, 6.45) is 0. The number of fused-ring (bicyclic) bond motifs is 5. The Labute approximate surface area is 294 Å². The molecule has 0 saturated heterocycles. The Hall–Kier alpha value is -6.91. The number of aromatic nitrogens is 3. The summed E-state index contributed by atoms with van der Waals surface area (Å²) in [6, 6.07) is 61.1. The standard InChI is InChI=1S/C47H29N3O/c1-3-10-30(11-4-1)35-21-19-32-20-23-38(28-39(32)27-35)46-48-45(33-13-5-2-6-14-33)49-47(50-46)41-16-9-17-42-44(41)40-25-24-37(29-43(40)51-42)36-22-18-31-12-7-8-15-34(31)26-36/h1-29H. The van der Waals surface area contributed by atoms with E-state index >= 15 is 0 Å². The maximum atomic E-state index is 6.52. The van der Waals surface area contributed by atoms with Gasteiger partial charge in [-0.2, -0.15) is 0 Å². The second kappa shape index (κ2) is 11.9. The molecule has 4 heteroatoms. The lowest BCUT2D eigenvalue weighted by atomic mass is 9.99. The third kappa shape index (κ3) is 5.22. The van der Waals surface area contributed by atoms with Crippen LogP contribution in [0.4, 0.5) is 0 Å². The summed E-state index contributed by atoms with van der Waals surface area (Å²) in [5.74, 6) is 1.84. The van der Waals surface area contributed by atoms with E-state index in [2.05, 4.69) is 127 Å². The molecule has 0 radical (unpaired) electrons. The molecule has 2 aromatic heterocycles. The van der Waals surface area contributed by atoms with E-state index in [4.69, 9.17) is 19.4 Å². The number of hydrogen-bond acceptors (Lipinski definition) is 4. The normalized spacial score (nSPS) is 11.5. The first-order valence-corrected chi connectivity index (χ1v) is 17.1. The summed E-state index contributed by atoms with van der Waals surface area (Å²) in [5.41, 5.74) is 8.98. The highest BCUT2D eigenvalue weighted by molar-refractivity contribution is 6.12. The van der Waals surface area contributed by atoms with E-state index in [9.17, 15) is 0 Å². The van der Waals surface area contributed by atoms with Gasteiger partial charge in [0.15, 0.2) is 17.5 Å². The summed E-state index contributed by atoms with van der Waals surface area (Å²) in [4.78, 5) is 15.3. The third-order valence-corrected chi connectivity index (χ3v) is 9.69. The highest BCUT2D eigenvalue weighted by atomic mass is 16.3. The van der Waals surface area contributed by atoms with Crippen molar-refractivity contribution < 1.29 is 4.42 Å². The smallest absolute Gasteiger partial charge is 0.164 e. The molecule has 0 spiro atoms. The molecule has 0 aliphatic heterocycles. The minimum Gasteiger partial charge on any atom is -0.456 e. The lowest BCUT2D eigenvalue weighted by Crippen LogP contribution is -2.00. The summed E-state index contributed by atoms with van der Waals surface area (Å²) in [7, 11) is 0. The van der Waals surface area contributed by atoms with Crippen molar-refractivity contribution in [1.82, 2.24) is 15.0 Å². The fourth-order valence-corrected chi connectivity index (χ4v) is 7.10. The summed E-state index contributed by atoms with van der Waals surface area (Å²) in [6.45, 7) is 0. The predicted octanol–water partition coefficient (Wildman–Crippen LogP) is 12.4. The molecule has 2 heterocycles. The average molecular weight is 652 g/mol. The number of benzene rings is 8. The Morgan fingerprint density at radius 3 is 1.65 bits per heavy atom. The van der Waals surface area contributed by atoms with E-state index < -0.39 is 0 Å². The summed E-state index contributed by atoms with van der Waals surface area (Å²) < 4.78 is 6.52. The van der Waals surface area contributed by atoms with E-state index in [-0.39, 0.29) is 0 Å². The molecular formula is C47H29N3O. The van der Waals surface area contributed by atoms with Crippen LogP contribution in [0.2, 0.25) is 0 Å². The molecule has 0 amide bonds. The van der Waals surface area contributed by atoms with E-state index in [0.29, 0.717) is 17.5 Å². The quantitative estimate of drug-likeness (QED) is 0.186. The summed E-state index contributed by atoms with van der Waals surface area (Å²) >= 11 is 0. The van der Waals surface area contributed by atoms with E-state index in [1.54, 1.807) is 0 Å². The van der Waals surface area contributed by atoms with Gasteiger partial charge in [0.2, 0.25) is 0 Å². The van der Waals surface area contributed by atoms with Crippen molar-refractivity contribution >= 4 is 43.5 Å². The third-order valence-electron chi connectivity index (χ3n) is 9.69. The average Bonchev–Trinajstić information content (AvgIpc) is 3.59. The highest BCUT2D eigenvalue weighted by Gasteiger charge is 2.18. The van der Waals surface area contributed by atoms with Gasteiger partial charge in [0.1, 0.15) is 11.2 Å². The number of hydrogen-bond donors (Lipinski definition) is 0. The molecule has 51 heavy (non-hydrogen) atoms. The van der Waals surface area contributed by atoms with Crippen LogP contribution in [-0.4, -0.2) is 15.0 Å². The molecule has 8 aromatic carbocycles. The van der Waals surface area contributed by atoms with Crippen molar-refractivity contribution in [1.29, 1.82) is 0 Å². The van der Waals surface area contributed by atoms with Gasteiger partial charge in [-0.1, -0.05) is 140 Å². The van der Waals surface area contributed by atoms with E-state index in [0.717, 1.165) is 60.5 Å². The Morgan fingerprint density at radius 2 is 0.863 bits per heavy atom. The molecule has 0 N–H and O–H groups in total. The molecular weight excluding hydrogens is 623 g/mol. The lowest BCUT2D eigenvalue weighted by Gasteiger charge is -2.10. The molecule has 10 aromatic rings. The largest absolute Gasteiger partial charge is 0.456 e. The van der Waals surface area contributed by atoms with Crippen LogP contribution in [0.3, 0.4) is 0 Å². The Kier molecular flexibility index (Phi) is 6.78. The molecule has 0 aliphatic rings. The van der Waals surface area contributed by atoms with Gasteiger partial charge in [-0.25, -0.2) is 15.0 Å². The Bertz CT molecular complexity index is 2910. The zero-order valence-electron chi connectivity index (χ0n) is 27.5. The fraction of sp³-hybridized carbons (Fsp3) is 0. The minimum absolute atomic E-state index is 0.601. The zero-order valence-corrected chi connectivity index (χ0v) is 27.5. The molecule has 0 bridgehead atoms. The van der Waals surface area contributed by atoms with Crippen molar-refractivity contribution in [2.24, 2.45) is 0 Å². The number of rotatable bonds is 5. The van der Waals surface area contributed by atoms with Crippen LogP contribution in [-0.2, 0) is 0 Å². The van der Waals surface area contributed by atoms with Crippen molar-refractivity contribution in [3.63, 3.8) is 0 Å². The Morgan fingerprint density at radius 1 is 0.314 bits per heavy atom. The first-order valence-electron chi connectivity index (χ1n) is 17.1. The first kappa shape index (κ1) is 29.0. The van der Waals surface area contributed by atoms with Crippen molar-refractivity contribution in [2.45, 2.75) is 0 Å². The van der Waals surface area contributed by atoms with E-state index in [1.165, 1.54) is 21.9 Å². The minimum atomic E-state index is 0.601. The van der Waals surface area contributed by atoms with Crippen LogP contribution in [0.1, 0.15) is 0 Å². The van der Waals surface area contributed by atoms with Crippen molar-refractivity contribution in [3.05, 3.63) is 176 Å². The van der Waals surface area contributed by atoms with Gasteiger partial charge in [0.25, 0.3) is 0 Å². The van der Waals surface area contributed by atoms with Crippen LogP contribution in [0.15, 0.2) is 180 Å². The second-order valence-electron chi connectivity index (χ2n) is 12.9. The molecule has 238 valence electrons. The highest BCUT2D eigenvalue weighted by Crippen LogP contribution is 2.39. The van der Waals surface area contributed by atoms with Crippen LogP contribution in [0, 0.1) is 0 Å². The molecule has 0 unspecified atom stereocenters. The molecule has 10 rings (SSSR count). The zero-order chi connectivity index (χ0) is 33.7. The Balaban J connectivity index is 1.13. The van der Waals surface area contributed by atoms with Crippen LogP contribution in [0.5, 0.6) is 0 Å². The van der Waals surface area contributed by atoms with Gasteiger partial charge in [-0.15, -0.1) is 0 Å². The molecule has 0 atom stereocenters. The van der Waals surface area contributed by atoms with Gasteiger partial charge in [0, 0.05) is 27.5 Å². The fourth-order valence-electron chi connectivity index (χ4n) is 7.10. The van der Waals surface area contributed by atoms with Gasteiger partial charge >= 0.3 is 0 Å². The maximum absolute atomic E-state index is 6.52. The van der Waals surface area contributed by atoms with Crippen molar-refractivity contribution in [2.75, 3.05) is 0 Å².